The van der Waals surface area contributed by atoms with E-state index < -0.39 is 0 Å². The molecule has 5 nitrogen and oxygen atoms in total. The lowest BCUT2D eigenvalue weighted by molar-refractivity contribution is -0.145. The molecule has 0 N–H and O–H groups in total. The van der Waals surface area contributed by atoms with Crippen LogP contribution in [0, 0.1) is 11.8 Å². The van der Waals surface area contributed by atoms with Crippen molar-refractivity contribution in [3.05, 3.63) is 66.0 Å². The van der Waals surface area contributed by atoms with Crippen molar-refractivity contribution < 1.29 is 14.3 Å². The van der Waals surface area contributed by atoms with E-state index in [1.165, 1.54) is 5.56 Å². The fourth-order valence-corrected chi connectivity index (χ4v) is 3.45. The maximum atomic E-state index is 12.9. The van der Waals surface area contributed by atoms with Gasteiger partial charge in [0.05, 0.1) is 12.5 Å². The minimum atomic E-state index is -0.127. The molecular weight excluding hydrogens is 352 g/mol. The lowest BCUT2D eigenvalue weighted by Crippen LogP contribution is -2.35. The van der Waals surface area contributed by atoms with Gasteiger partial charge in [-0.25, -0.2) is 0 Å². The SMILES string of the molecule is CCOC(=O)[C@H]1C[C@@H]1CN(CCc1ccccc1)C(=O)CCc1cccnc1. The first-order chi connectivity index (χ1) is 13.7. The molecule has 0 aliphatic heterocycles. The Morgan fingerprint density at radius 1 is 1.11 bits per heavy atom. The van der Waals surface area contributed by atoms with E-state index in [0.717, 1.165) is 18.4 Å². The summed E-state index contributed by atoms with van der Waals surface area (Å²) in [5.74, 6) is 0.176. The van der Waals surface area contributed by atoms with E-state index in [1.54, 1.807) is 12.4 Å². The Kier molecular flexibility index (Phi) is 7.18. The van der Waals surface area contributed by atoms with Gasteiger partial charge in [-0.2, -0.15) is 0 Å². The van der Waals surface area contributed by atoms with Crippen molar-refractivity contribution in [3.8, 4) is 0 Å². The van der Waals surface area contributed by atoms with Crippen LogP contribution in [-0.4, -0.2) is 41.5 Å². The Hall–Kier alpha value is -2.69. The molecule has 148 valence electrons. The molecule has 1 aliphatic carbocycles. The third-order valence-corrected chi connectivity index (χ3v) is 5.18. The molecule has 2 atom stereocenters. The molecule has 28 heavy (non-hydrogen) atoms. The highest BCUT2D eigenvalue weighted by atomic mass is 16.5. The molecule has 1 heterocycles. The number of hydrogen-bond acceptors (Lipinski definition) is 4. The van der Waals surface area contributed by atoms with Crippen molar-refractivity contribution >= 4 is 11.9 Å². The van der Waals surface area contributed by atoms with Crippen molar-refractivity contribution in [3.63, 3.8) is 0 Å². The number of pyridine rings is 1. The molecule has 0 saturated heterocycles. The summed E-state index contributed by atoms with van der Waals surface area (Å²) in [5.41, 5.74) is 2.28. The first kappa shape index (κ1) is 20.1. The molecule has 2 aromatic rings. The Morgan fingerprint density at radius 2 is 1.89 bits per heavy atom. The molecule has 0 radical (unpaired) electrons. The number of rotatable bonds is 10. The van der Waals surface area contributed by atoms with Crippen LogP contribution in [0.1, 0.15) is 30.9 Å². The first-order valence-corrected chi connectivity index (χ1v) is 10.0. The van der Waals surface area contributed by atoms with Crippen LogP contribution in [0.5, 0.6) is 0 Å². The van der Waals surface area contributed by atoms with Gasteiger partial charge >= 0.3 is 5.97 Å². The lowest BCUT2D eigenvalue weighted by Gasteiger charge is -2.23. The number of carbonyl (C=O) groups excluding carboxylic acids is 2. The van der Waals surface area contributed by atoms with Crippen LogP contribution in [0.3, 0.4) is 0 Å². The molecule has 0 unspecified atom stereocenters. The standard InChI is InChI=1S/C23H28N2O3/c1-2-28-23(27)21-15-20(21)17-25(14-12-18-7-4-3-5-8-18)22(26)11-10-19-9-6-13-24-16-19/h3-9,13,16,20-21H,2,10-12,14-15,17H2,1H3/t20-,21+/m1/s1. The van der Waals surface area contributed by atoms with Gasteiger partial charge in [-0.1, -0.05) is 36.4 Å². The van der Waals surface area contributed by atoms with E-state index in [1.807, 2.05) is 42.2 Å². The van der Waals surface area contributed by atoms with E-state index in [2.05, 4.69) is 17.1 Å². The van der Waals surface area contributed by atoms with E-state index in [4.69, 9.17) is 4.74 Å². The monoisotopic (exact) mass is 380 g/mol. The van der Waals surface area contributed by atoms with Crippen molar-refractivity contribution in [1.29, 1.82) is 0 Å². The van der Waals surface area contributed by atoms with Gasteiger partial charge in [0.1, 0.15) is 0 Å². The van der Waals surface area contributed by atoms with Crippen molar-refractivity contribution in [2.24, 2.45) is 11.8 Å². The van der Waals surface area contributed by atoms with Gasteiger partial charge in [-0.15, -0.1) is 0 Å². The Bertz CT molecular complexity index is 764. The van der Waals surface area contributed by atoms with Crippen molar-refractivity contribution in [2.45, 2.75) is 32.6 Å². The molecule has 1 amide bonds. The van der Waals surface area contributed by atoms with E-state index in [-0.39, 0.29) is 23.7 Å². The van der Waals surface area contributed by atoms with Gasteiger partial charge in [0.2, 0.25) is 5.91 Å². The predicted molar refractivity (Wildman–Crippen MR) is 108 cm³/mol. The quantitative estimate of drug-likeness (QED) is 0.594. The summed E-state index contributed by atoms with van der Waals surface area (Å²) in [6.45, 7) is 3.53. The highest BCUT2D eigenvalue weighted by molar-refractivity contribution is 5.78. The van der Waals surface area contributed by atoms with Crippen LogP contribution in [0.15, 0.2) is 54.9 Å². The molecular formula is C23H28N2O3. The summed E-state index contributed by atoms with van der Waals surface area (Å²) < 4.78 is 5.12. The number of aromatic nitrogens is 1. The fourth-order valence-electron chi connectivity index (χ4n) is 3.45. The zero-order valence-corrected chi connectivity index (χ0v) is 16.4. The summed E-state index contributed by atoms with van der Waals surface area (Å²) >= 11 is 0. The maximum absolute atomic E-state index is 12.9. The van der Waals surface area contributed by atoms with Crippen molar-refractivity contribution in [2.75, 3.05) is 19.7 Å². The van der Waals surface area contributed by atoms with Crippen LogP contribution < -0.4 is 0 Å². The van der Waals surface area contributed by atoms with Crippen LogP contribution in [-0.2, 0) is 27.2 Å². The molecule has 0 bridgehead atoms. The Balaban J connectivity index is 1.57. The number of esters is 1. The van der Waals surface area contributed by atoms with E-state index in [9.17, 15) is 9.59 Å². The second-order valence-corrected chi connectivity index (χ2v) is 7.29. The minimum absolute atomic E-state index is 0.0506. The number of ether oxygens (including phenoxy) is 1. The number of hydrogen-bond donors (Lipinski definition) is 0. The van der Waals surface area contributed by atoms with Gasteiger partial charge < -0.3 is 9.64 Å². The largest absolute Gasteiger partial charge is 0.466 e. The number of amides is 1. The van der Waals surface area contributed by atoms with Gasteiger partial charge in [0.25, 0.3) is 0 Å². The van der Waals surface area contributed by atoms with Gasteiger partial charge in [-0.3, -0.25) is 14.6 Å². The fraction of sp³-hybridized carbons (Fsp3) is 0.435. The second kappa shape index (κ2) is 10.0. The molecule has 0 spiro atoms. The number of carbonyl (C=O) groups is 2. The van der Waals surface area contributed by atoms with Crippen LogP contribution in [0.2, 0.25) is 0 Å². The minimum Gasteiger partial charge on any atom is -0.466 e. The molecule has 1 saturated carbocycles. The maximum Gasteiger partial charge on any atom is 0.309 e. The first-order valence-electron chi connectivity index (χ1n) is 10.0. The third kappa shape index (κ3) is 5.91. The summed E-state index contributed by atoms with van der Waals surface area (Å²) in [6, 6.07) is 14.1. The van der Waals surface area contributed by atoms with Gasteiger partial charge in [0.15, 0.2) is 0 Å². The molecule has 1 aromatic carbocycles. The Morgan fingerprint density at radius 3 is 2.61 bits per heavy atom. The molecule has 1 aromatic heterocycles. The average Bonchev–Trinajstić information content (AvgIpc) is 3.50. The second-order valence-electron chi connectivity index (χ2n) is 7.29. The summed E-state index contributed by atoms with van der Waals surface area (Å²) in [7, 11) is 0. The Labute approximate surface area is 166 Å². The summed E-state index contributed by atoms with van der Waals surface area (Å²) in [4.78, 5) is 30.9. The van der Waals surface area contributed by atoms with E-state index in [0.29, 0.717) is 32.5 Å². The zero-order chi connectivity index (χ0) is 19.8. The highest BCUT2D eigenvalue weighted by Gasteiger charge is 2.45. The van der Waals surface area contributed by atoms with E-state index >= 15 is 0 Å². The lowest BCUT2D eigenvalue weighted by atomic mass is 10.1. The summed E-state index contributed by atoms with van der Waals surface area (Å²) in [6.07, 6.45) is 6.31. The average molecular weight is 380 g/mol. The molecule has 1 aliphatic rings. The topological polar surface area (TPSA) is 59.5 Å². The van der Waals surface area contributed by atoms with Crippen molar-refractivity contribution in [1.82, 2.24) is 9.88 Å². The number of aryl methyl sites for hydroxylation is 1. The van der Waals surface area contributed by atoms with Crippen LogP contribution >= 0.6 is 0 Å². The van der Waals surface area contributed by atoms with Gasteiger partial charge in [0, 0.05) is 31.9 Å². The van der Waals surface area contributed by atoms with Crippen LogP contribution in [0.25, 0.3) is 0 Å². The highest BCUT2D eigenvalue weighted by Crippen LogP contribution is 2.40. The molecule has 3 rings (SSSR count). The normalized spacial score (nSPS) is 17.8. The summed E-state index contributed by atoms with van der Waals surface area (Å²) in [5, 5.41) is 0. The zero-order valence-electron chi connectivity index (χ0n) is 16.4. The van der Waals surface area contributed by atoms with Crippen LogP contribution in [0.4, 0.5) is 0 Å². The predicted octanol–water partition coefficient (Wildman–Crippen LogP) is 3.28. The smallest absolute Gasteiger partial charge is 0.309 e. The number of benzene rings is 1. The number of nitrogens with zero attached hydrogens (tertiary/aromatic N) is 2. The molecule has 5 heteroatoms. The third-order valence-electron chi connectivity index (χ3n) is 5.18. The van der Waals surface area contributed by atoms with Gasteiger partial charge in [-0.05, 0) is 49.3 Å². The molecule has 1 fully saturated rings.